The molecule has 1 heterocycles. The Kier molecular flexibility index (Phi) is 6.46. The molecule has 28 heavy (non-hydrogen) atoms. The largest absolute Gasteiger partial charge is 0.348 e. The van der Waals surface area contributed by atoms with Gasteiger partial charge in [0.1, 0.15) is 12.1 Å². The molecule has 2 aromatic carbocycles. The van der Waals surface area contributed by atoms with Crippen LogP contribution in [-0.2, 0) is 4.79 Å². The van der Waals surface area contributed by atoms with Gasteiger partial charge in [-0.15, -0.1) is 10.2 Å². The molecule has 0 aliphatic rings. The maximum atomic E-state index is 13.2. The second kappa shape index (κ2) is 9.01. The molecule has 1 amide bonds. The van der Waals surface area contributed by atoms with Gasteiger partial charge in [0.15, 0.2) is 5.16 Å². The molecule has 0 fully saturated rings. The highest BCUT2D eigenvalue weighted by molar-refractivity contribution is 7.99. The first kappa shape index (κ1) is 20.1. The van der Waals surface area contributed by atoms with Crippen LogP contribution < -0.4 is 5.32 Å². The molecule has 0 bridgehead atoms. The van der Waals surface area contributed by atoms with Crippen molar-refractivity contribution >= 4 is 17.7 Å². The van der Waals surface area contributed by atoms with Crippen LogP contribution in [0.5, 0.6) is 0 Å². The number of nitrogens with zero attached hydrogens (tertiary/aromatic N) is 3. The minimum absolute atomic E-state index is 0.105. The van der Waals surface area contributed by atoms with E-state index in [9.17, 15) is 9.18 Å². The van der Waals surface area contributed by atoms with Gasteiger partial charge in [-0.1, -0.05) is 55.4 Å². The Bertz CT molecular complexity index is 922. The summed E-state index contributed by atoms with van der Waals surface area (Å²) in [5.74, 6) is 0.000272. The monoisotopic (exact) mass is 398 g/mol. The number of hydrogen-bond acceptors (Lipinski definition) is 4. The molecule has 0 saturated heterocycles. The number of amides is 1. The van der Waals surface area contributed by atoms with E-state index in [4.69, 9.17) is 0 Å². The normalized spacial score (nSPS) is 12.2. The third-order valence-electron chi connectivity index (χ3n) is 4.37. The molecule has 5 nitrogen and oxygen atoms in total. The van der Waals surface area contributed by atoms with Crippen LogP contribution in [0.3, 0.4) is 0 Å². The summed E-state index contributed by atoms with van der Waals surface area (Å²) < 4.78 is 15.0. The van der Waals surface area contributed by atoms with Gasteiger partial charge in [-0.2, -0.15) is 0 Å². The third-order valence-corrected chi connectivity index (χ3v) is 5.32. The van der Waals surface area contributed by atoms with Crippen LogP contribution in [0.25, 0.3) is 5.69 Å². The standard InChI is InChI=1S/C21H23FN4OS/c1-14(2)20(16-6-8-17(22)9-7-16)24-19(27)12-28-21-25-23-13-26(21)18-10-4-15(3)5-11-18/h4-11,13-14,20H,12H2,1-3H3,(H,24,27)/t20-/m1/s1. The van der Waals surface area contributed by atoms with Gasteiger partial charge >= 0.3 is 0 Å². The number of aromatic nitrogens is 3. The van der Waals surface area contributed by atoms with Crippen LogP contribution in [0, 0.1) is 18.7 Å². The van der Waals surface area contributed by atoms with Crippen molar-refractivity contribution in [3.8, 4) is 5.69 Å². The zero-order valence-corrected chi connectivity index (χ0v) is 16.9. The van der Waals surface area contributed by atoms with Gasteiger partial charge in [0.25, 0.3) is 0 Å². The summed E-state index contributed by atoms with van der Waals surface area (Å²) >= 11 is 1.33. The zero-order chi connectivity index (χ0) is 20.1. The van der Waals surface area contributed by atoms with Gasteiger partial charge in [0.05, 0.1) is 11.8 Å². The number of thioether (sulfide) groups is 1. The third kappa shape index (κ3) is 4.98. The van der Waals surface area contributed by atoms with Crippen molar-refractivity contribution in [2.75, 3.05) is 5.75 Å². The minimum Gasteiger partial charge on any atom is -0.348 e. The summed E-state index contributed by atoms with van der Waals surface area (Å²) in [7, 11) is 0. The van der Waals surface area contributed by atoms with Gasteiger partial charge in [-0.3, -0.25) is 9.36 Å². The lowest BCUT2D eigenvalue weighted by Crippen LogP contribution is -2.33. The summed E-state index contributed by atoms with van der Waals surface area (Å²) in [6, 6.07) is 14.1. The molecular weight excluding hydrogens is 375 g/mol. The molecular formula is C21H23FN4OS. The van der Waals surface area contributed by atoms with E-state index in [1.807, 2.05) is 49.6 Å². The molecule has 7 heteroatoms. The number of carbonyl (C=O) groups is 1. The quantitative estimate of drug-likeness (QED) is 0.602. The van der Waals surface area contributed by atoms with Gasteiger partial charge in [0, 0.05) is 5.69 Å². The van der Waals surface area contributed by atoms with Gasteiger partial charge < -0.3 is 5.32 Å². The predicted molar refractivity (Wildman–Crippen MR) is 109 cm³/mol. The Labute approximate surface area is 168 Å². The highest BCUT2D eigenvalue weighted by Gasteiger charge is 2.19. The van der Waals surface area contributed by atoms with Crippen molar-refractivity contribution in [1.29, 1.82) is 0 Å². The van der Waals surface area contributed by atoms with E-state index in [1.54, 1.807) is 18.5 Å². The second-order valence-electron chi connectivity index (χ2n) is 6.95. The van der Waals surface area contributed by atoms with E-state index in [-0.39, 0.29) is 29.4 Å². The van der Waals surface area contributed by atoms with E-state index >= 15 is 0 Å². The fraction of sp³-hybridized carbons (Fsp3) is 0.286. The molecule has 1 aromatic heterocycles. The number of halogens is 1. The first-order chi connectivity index (χ1) is 13.4. The number of hydrogen-bond donors (Lipinski definition) is 1. The van der Waals surface area contributed by atoms with Crippen molar-refractivity contribution in [2.45, 2.75) is 32.0 Å². The molecule has 1 atom stereocenters. The summed E-state index contributed by atoms with van der Waals surface area (Å²) in [6.45, 7) is 6.08. The lowest BCUT2D eigenvalue weighted by molar-refractivity contribution is -0.119. The van der Waals surface area contributed by atoms with E-state index in [0.29, 0.717) is 5.16 Å². The molecule has 0 aliphatic carbocycles. The van der Waals surface area contributed by atoms with Crippen LogP contribution in [-0.4, -0.2) is 26.4 Å². The van der Waals surface area contributed by atoms with Crippen molar-refractivity contribution in [3.63, 3.8) is 0 Å². The van der Waals surface area contributed by atoms with Gasteiger partial charge in [-0.05, 0) is 42.7 Å². The Hall–Kier alpha value is -2.67. The molecule has 0 aliphatic heterocycles. The number of rotatable bonds is 7. The smallest absolute Gasteiger partial charge is 0.230 e. The van der Waals surface area contributed by atoms with Crippen LogP contribution in [0.4, 0.5) is 4.39 Å². The van der Waals surface area contributed by atoms with Gasteiger partial charge in [0.2, 0.25) is 5.91 Å². The molecule has 3 aromatic rings. The summed E-state index contributed by atoms with van der Waals surface area (Å²) in [6.07, 6.45) is 1.64. The van der Waals surface area contributed by atoms with Gasteiger partial charge in [-0.25, -0.2) is 4.39 Å². The first-order valence-corrected chi connectivity index (χ1v) is 10.1. The Morgan fingerprint density at radius 3 is 2.46 bits per heavy atom. The molecule has 1 N–H and O–H groups in total. The molecule has 0 saturated carbocycles. The van der Waals surface area contributed by atoms with Crippen molar-refractivity contribution in [1.82, 2.24) is 20.1 Å². The Morgan fingerprint density at radius 2 is 1.82 bits per heavy atom. The minimum atomic E-state index is -0.288. The number of carbonyl (C=O) groups excluding carboxylic acids is 1. The second-order valence-corrected chi connectivity index (χ2v) is 7.89. The topological polar surface area (TPSA) is 59.8 Å². The SMILES string of the molecule is Cc1ccc(-n2cnnc2SCC(=O)N[C@@H](c2ccc(F)cc2)C(C)C)cc1. The van der Waals surface area contributed by atoms with E-state index in [0.717, 1.165) is 11.3 Å². The molecule has 3 rings (SSSR count). The molecule has 0 unspecified atom stereocenters. The van der Waals surface area contributed by atoms with Crippen LogP contribution in [0.15, 0.2) is 60.0 Å². The number of nitrogens with one attached hydrogen (secondary N) is 1. The fourth-order valence-electron chi connectivity index (χ4n) is 2.86. The highest BCUT2D eigenvalue weighted by Crippen LogP contribution is 2.23. The van der Waals surface area contributed by atoms with E-state index < -0.39 is 0 Å². The van der Waals surface area contributed by atoms with E-state index in [2.05, 4.69) is 15.5 Å². The maximum Gasteiger partial charge on any atom is 0.230 e. The van der Waals surface area contributed by atoms with Crippen LogP contribution in [0.2, 0.25) is 0 Å². The van der Waals surface area contributed by atoms with Crippen molar-refractivity contribution < 1.29 is 9.18 Å². The van der Waals surface area contributed by atoms with Crippen LogP contribution >= 0.6 is 11.8 Å². The lowest BCUT2D eigenvalue weighted by Gasteiger charge is -2.23. The molecule has 0 radical (unpaired) electrons. The lowest BCUT2D eigenvalue weighted by atomic mass is 9.96. The number of benzene rings is 2. The van der Waals surface area contributed by atoms with Crippen molar-refractivity contribution in [3.05, 3.63) is 71.8 Å². The average Bonchev–Trinajstić information content (AvgIpc) is 3.14. The summed E-state index contributed by atoms with van der Waals surface area (Å²) in [5.41, 5.74) is 3.01. The highest BCUT2D eigenvalue weighted by atomic mass is 32.2. The summed E-state index contributed by atoms with van der Waals surface area (Å²) in [4.78, 5) is 12.5. The average molecular weight is 399 g/mol. The maximum absolute atomic E-state index is 13.2. The zero-order valence-electron chi connectivity index (χ0n) is 16.1. The number of aryl methyl sites for hydroxylation is 1. The summed E-state index contributed by atoms with van der Waals surface area (Å²) in [5, 5.41) is 11.8. The fourth-order valence-corrected chi connectivity index (χ4v) is 3.60. The predicted octanol–water partition coefficient (Wildman–Crippen LogP) is 4.32. The molecule has 146 valence electrons. The Balaban J connectivity index is 1.65. The first-order valence-electron chi connectivity index (χ1n) is 9.08. The van der Waals surface area contributed by atoms with Crippen molar-refractivity contribution in [2.24, 2.45) is 5.92 Å². The Morgan fingerprint density at radius 1 is 1.14 bits per heavy atom. The van der Waals surface area contributed by atoms with E-state index in [1.165, 1.54) is 29.5 Å². The molecule has 0 spiro atoms. The van der Waals surface area contributed by atoms with Crippen LogP contribution in [0.1, 0.15) is 31.0 Å².